The van der Waals surface area contributed by atoms with Crippen molar-refractivity contribution in [1.29, 1.82) is 0 Å². The van der Waals surface area contributed by atoms with Crippen molar-refractivity contribution in [2.75, 3.05) is 19.8 Å². The second kappa shape index (κ2) is 51.6. The highest BCUT2D eigenvalue weighted by Gasteiger charge is 2.51. The molecule has 0 bridgehead atoms. The van der Waals surface area contributed by atoms with E-state index < -0.39 is 86.8 Å². The summed E-state index contributed by atoms with van der Waals surface area (Å²) in [4.78, 5) is 13.3. The van der Waals surface area contributed by atoms with Gasteiger partial charge in [-0.3, -0.25) is 4.79 Å². The normalized spacial score (nSPS) is 24.7. The lowest BCUT2D eigenvalue weighted by atomic mass is 9.97. The predicted molar refractivity (Wildman–Crippen MR) is 327 cm³/mol. The number of aliphatic hydroxyl groups is 8. The van der Waals surface area contributed by atoms with Crippen LogP contribution in [0.25, 0.3) is 0 Å². The van der Waals surface area contributed by atoms with E-state index in [2.05, 4.69) is 92.1 Å². The molecule has 0 radical (unpaired) electrons. The van der Waals surface area contributed by atoms with Gasteiger partial charge in [0.2, 0.25) is 5.91 Å². The van der Waals surface area contributed by atoms with Crippen LogP contribution in [0, 0.1) is 0 Å². The van der Waals surface area contributed by atoms with Crippen LogP contribution in [-0.4, -0.2) is 140 Å². The number of carbonyl (C=O) groups is 1. The number of aliphatic hydroxyl groups excluding tert-OH is 8. The predicted octanol–water partition coefficient (Wildman–Crippen LogP) is 12.1. The Balaban J connectivity index is 1.76. The molecule has 12 unspecified atom stereocenters. The van der Waals surface area contributed by atoms with Gasteiger partial charge in [-0.25, -0.2) is 0 Å². The van der Waals surface area contributed by atoms with Gasteiger partial charge in [0.1, 0.15) is 48.8 Å². The van der Waals surface area contributed by atoms with Gasteiger partial charge in [0.25, 0.3) is 0 Å². The fourth-order valence-corrected chi connectivity index (χ4v) is 10.1. The second-order valence-electron chi connectivity index (χ2n) is 22.5. The average Bonchev–Trinajstić information content (AvgIpc) is 3.47. The quantitative estimate of drug-likeness (QED) is 0.0204. The number of hydrogen-bond acceptors (Lipinski definition) is 13. The van der Waals surface area contributed by atoms with Crippen molar-refractivity contribution >= 4 is 5.91 Å². The fraction of sp³-hybridized carbons (Fsp3) is 0.776. The highest BCUT2D eigenvalue weighted by molar-refractivity contribution is 5.76. The van der Waals surface area contributed by atoms with Crippen molar-refractivity contribution < 1.29 is 64.6 Å². The molecule has 0 saturated carbocycles. The molecule has 0 spiro atoms. The van der Waals surface area contributed by atoms with Crippen LogP contribution in [0.3, 0.4) is 0 Å². The number of hydrogen-bond donors (Lipinski definition) is 9. The van der Waals surface area contributed by atoms with Crippen LogP contribution >= 0.6 is 0 Å². The monoisotopic (exact) mass is 1140 g/mol. The largest absolute Gasteiger partial charge is 0.394 e. The number of allylic oxidation sites excluding steroid dienone is 13. The Hall–Kier alpha value is -2.83. The van der Waals surface area contributed by atoms with Crippen LogP contribution in [0.2, 0.25) is 0 Å². The maximum absolute atomic E-state index is 13.3. The summed E-state index contributed by atoms with van der Waals surface area (Å²) in [7, 11) is 0. The van der Waals surface area contributed by atoms with Gasteiger partial charge < -0.3 is 65.1 Å². The molecule has 2 rings (SSSR count). The third-order valence-corrected chi connectivity index (χ3v) is 15.3. The van der Waals surface area contributed by atoms with Crippen molar-refractivity contribution in [2.45, 2.75) is 312 Å². The van der Waals surface area contributed by atoms with Crippen molar-refractivity contribution in [2.24, 2.45) is 0 Å². The van der Waals surface area contributed by atoms with Crippen LogP contribution in [0.1, 0.15) is 239 Å². The number of nitrogens with one attached hydrogen (secondary N) is 1. The van der Waals surface area contributed by atoms with E-state index in [9.17, 15) is 45.6 Å². The molecular weight excluding hydrogens is 1030 g/mol. The first-order valence-corrected chi connectivity index (χ1v) is 32.3. The summed E-state index contributed by atoms with van der Waals surface area (Å²) in [5.74, 6) is -0.264. The van der Waals surface area contributed by atoms with Crippen LogP contribution < -0.4 is 5.32 Å². The maximum atomic E-state index is 13.3. The minimum absolute atomic E-state index is 0.256. The van der Waals surface area contributed by atoms with E-state index in [1.165, 1.54) is 122 Å². The summed E-state index contributed by atoms with van der Waals surface area (Å²) < 4.78 is 22.8. The molecule has 81 heavy (non-hydrogen) atoms. The maximum Gasteiger partial charge on any atom is 0.220 e. The summed E-state index contributed by atoms with van der Waals surface area (Å²) >= 11 is 0. The molecule has 2 fully saturated rings. The Bertz CT molecular complexity index is 1680. The van der Waals surface area contributed by atoms with Crippen molar-refractivity contribution in [3.8, 4) is 0 Å². The average molecular weight is 1140 g/mol. The molecule has 12 atom stereocenters. The van der Waals surface area contributed by atoms with E-state index in [0.29, 0.717) is 12.8 Å². The zero-order valence-corrected chi connectivity index (χ0v) is 50.5. The van der Waals surface area contributed by atoms with Crippen molar-refractivity contribution in [3.05, 3.63) is 85.1 Å². The summed E-state index contributed by atoms with van der Waals surface area (Å²) in [5.41, 5.74) is 0. The van der Waals surface area contributed by atoms with Crippen molar-refractivity contribution in [1.82, 2.24) is 5.32 Å². The molecular formula is C67H117NO13. The number of ether oxygens (including phenoxy) is 4. The molecule has 2 saturated heterocycles. The summed E-state index contributed by atoms with van der Waals surface area (Å²) in [5, 5.41) is 87.2. The Morgan fingerprint density at radius 3 is 1.36 bits per heavy atom. The molecule has 2 heterocycles. The molecule has 1 amide bonds. The highest BCUT2D eigenvalue weighted by atomic mass is 16.7. The first kappa shape index (κ1) is 74.3. The Kier molecular flexibility index (Phi) is 47.3. The topological polar surface area (TPSA) is 228 Å². The molecule has 2 aliphatic heterocycles. The van der Waals surface area contributed by atoms with Crippen molar-refractivity contribution in [3.63, 3.8) is 0 Å². The minimum Gasteiger partial charge on any atom is -0.394 e. The summed E-state index contributed by atoms with van der Waals surface area (Å²) in [6.07, 6.45) is 53.4. The molecule has 0 aromatic rings. The Morgan fingerprint density at radius 1 is 0.457 bits per heavy atom. The van der Waals surface area contributed by atoms with E-state index in [1.54, 1.807) is 6.08 Å². The van der Waals surface area contributed by atoms with Gasteiger partial charge in [-0.05, 0) is 83.5 Å². The van der Waals surface area contributed by atoms with Crippen LogP contribution in [0.15, 0.2) is 85.1 Å². The summed E-state index contributed by atoms with van der Waals surface area (Å²) in [6.45, 7) is 2.67. The molecule has 14 nitrogen and oxygen atoms in total. The Labute approximate surface area is 491 Å². The fourth-order valence-electron chi connectivity index (χ4n) is 10.1. The van der Waals surface area contributed by atoms with E-state index in [4.69, 9.17) is 18.9 Å². The number of amides is 1. The molecule has 0 aromatic heterocycles. The second-order valence-corrected chi connectivity index (χ2v) is 22.5. The lowest BCUT2D eigenvalue weighted by molar-refractivity contribution is -0.359. The third-order valence-electron chi connectivity index (χ3n) is 15.3. The summed E-state index contributed by atoms with van der Waals surface area (Å²) in [6, 6.07) is -0.949. The van der Waals surface area contributed by atoms with Crippen LogP contribution in [0.4, 0.5) is 0 Å². The Morgan fingerprint density at radius 2 is 0.864 bits per heavy atom. The molecule has 14 heteroatoms. The van der Waals surface area contributed by atoms with E-state index >= 15 is 0 Å². The van der Waals surface area contributed by atoms with Gasteiger partial charge in [-0.1, -0.05) is 234 Å². The van der Waals surface area contributed by atoms with Crippen LogP contribution in [0.5, 0.6) is 0 Å². The highest BCUT2D eigenvalue weighted by Crippen LogP contribution is 2.30. The van der Waals surface area contributed by atoms with Gasteiger partial charge >= 0.3 is 0 Å². The first-order chi connectivity index (χ1) is 39.6. The number of rotatable bonds is 51. The molecule has 0 aromatic carbocycles. The zero-order chi connectivity index (χ0) is 58.8. The van der Waals surface area contributed by atoms with Gasteiger partial charge in [0.15, 0.2) is 12.6 Å². The van der Waals surface area contributed by atoms with Gasteiger partial charge in [0, 0.05) is 6.42 Å². The standard InChI is InChI=1S/C67H117NO13/c1-3-5-7-9-11-13-15-17-19-21-23-25-26-27-28-29-31-32-34-36-38-40-42-44-46-48-50-56(71)55(54-78-66-64(77)62(75)65(58(53-70)80-66)81-67-63(76)61(74)60(73)57(52-69)79-67)68-59(72)51-49-47-45-43-41-39-37-35-33-30-24-22-20-18-16-14-12-10-8-6-4-2/h6,8,12,14,18,20,24,30,32,34,40,42,48,50,55-58,60-67,69-71,73-77H,3-5,7,9-11,13,15-17,19,21-23,25-29,31,33,35-39,41,43-47,49,51-54H2,1-2H3,(H,68,72)/b8-6-,14-12-,20-18-,30-24-,34-32+,42-40+,50-48+. The molecule has 468 valence electrons. The smallest absolute Gasteiger partial charge is 0.220 e. The lowest BCUT2D eigenvalue weighted by Crippen LogP contribution is -2.65. The van der Waals surface area contributed by atoms with E-state index in [-0.39, 0.29) is 18.9 Å². The van der Waals surface area contributed by atoms with Gasteiger partial charge in [-0.2, -0.15) is 0 Å². The van der Waals surface area contributed by atoms with E-state index in [0.717, 1.165) is 83.5 Å². The first-order valence-electron chi connectivity index (χ1n) is 32.3. The molecule has 0 aliphatic carbocycles. The number of carbonyl (C=O) groups excluding carboxylic acids is 1. The molecule has 2 aliphatic rings. The SMILES string of the molecule is CC/C=C\C/C=C\C/C=C\C/C=C\CCCCCCCCCCC(=O)NC(COC1OC(CO)C(OC2OC(CO)C(O)C(O)C2O)C(O)C1O)C(O)/C=C/CC/C=C/CC/C=C/CCCCCCCCCCCCCCCCCC. The van der Waals surface area contributed by atoms with Gasteiger partial charge in [-0.15, -0.1) is 0 Å². The third kappa shape index (κ3) is 36.6. The zero-order valence-electron chi connectivity index (χ0n) is 50.5. The van der Waals surface area contributed by atoms with Crippen LogP contribution in [-0.2, 0) is 23.7 Å². The number of unbranched alkanes of at least 4 members (excludes halogenated alkanes) is 26. The lowest BCUT2D eigenvalue weighted by Gasteiger charge is -2.46. The minimum atomic E-state index is -1.80. The van der Waals surface area contributed by atoms with E-state index in [1.807, 2.05) is 6.08 Å². The van der Waals surface area contributed by atoms with Gasteiger partial charge in [0.05, 0.1) is 32.0 Å². The molecule has 9 N–H and O–H groups in total.